The molecule has 7 nitrogen and oxygen atoms in total. The Hall–Kier alpha value is -2.04. The summed E-state index contributed by atoms with van der Waals surface area (Å²) in [4.78, 5) is 4.30. The van der Waals surface area contributed by atoms with Gasteiger partial charge in [-0.25, -0.2) is 0 Å². The van der Waals surface area contributed by atoms with E-state index in [0.29, 0.717) is 57.0 Å². The van der Waals surface area contributed by atoms with Gasteiger partial charge in [0.2, 0.25) is 0 Å². The highest BCUT2D eigenvalue weighted by molar-refractivity contribution is 14.0. The minimum absolute atomic E-state index is 0. The minimum atomic E-state index is 0. The van der Waals surface area contributed by atoms with Gasteiger partial charge in [-0.1, -0.05) is 24.3 Å². The van der Waals surface area contributed by atoms with Gasteiger partial charge in [0.25, 0.3) is 0 Å². The molecule has 2 aromatic rings. The monoisotopic (exact) mass is 543 g/mol. The third-order valence-electron chi connectivity index (χ3n) is 4.25. The summed E-state index contributed by atoms with van der Waals surface area (Å²) in [6, 6.07) is 14.0. The van der Waals surface area contributed by atoms with Gasteiger partial charge in [0.05, 0.1) is 33.5 Å². The molecule has 0 amide bonds. The maximum Gasteiger partial charge on any atom is 0.195 e. The number of nitrogens with one attached hydrogen (secondary N) is 2. The molecule has 0 spiro atoms. The van der Waals surface area contributed by atoms with E-state index in [4.69, 9.17) is 18.9 Å². The first-order chi connectivity index (χ1) is 14.7. The molecule has 0 aliphatic rings. The number of guanidine groups is 1. The molecule has 31 heavy (non-hydrogen) atoms. The number of nitrogens with zero attached hydrogens (tertiary/aromatic N) is 1. The Morgan fingerprint density at radius 3 is 2.42 bits per heavy atom. The van der Waals surface area contributed by atoms with Gasteiger partial charge in [0.15, 0.2) is 17.5 Å². The number of anilines is 1. The van der Waals surface area contributed by atoms with Crippen LogP contribution in [0.15, 0.2) is 47.5 Å². The quantitative estimate of drug-likeness (QED) is 0.178. The van der Waals surface area contributed by atoms with Crippen LogP contribution in [0.1, 0.15) is 25.0 Å². The summed E-state index contributed by atoms with van der Waals surface area (Å²) in [5.74, 6) is 2.06. The van der Waals surface area contributed by atoms with Gasteiger partial charge in [-0.2, -0.15) is 0 Å². The topological polar surface area (TPSA) is 73.3 Å². The summed E-state index contributed by atoms with van der Waals surface area (Å²) in [6.45, 7) is 7.63. The molecule has 8 heteroatoms. The summed E-state index contributed by atoms with van der Waals surface area (Å²) in [5.41, 5.74) is 3.14. The Labute approximate surface area is 202 Å². The average molecular weight is 543 g/mol. The summed E-state index contributed by atoms with van der Waals surface area (Å²) < 4.78 is 21.9. The van der Waals surface area contributed by atoms with E-state index in [0.717, 1.165) is 16.8 Å². The molecule has 2 aromatic carbocycles. The number of hydrogen-bond donors (Lipinski definition) is 2. The van der Waals surface area contributed by atoms with E-state index in [1.165, 1.54) is 0 Å². The first-order valence-electron chi connectivity index (χ1n) is 10.2. The first-order valence-corrected chi connectivity index (χ1v) is 10.2. The van der Waals surface area contributed by atoms with Crippen LogP contribution in [0.4, 0.5) is 5.69 Å². The van der Waals surface area contributed by atoms with Gasteiger partial charge < -0.3 is 29.6 Å². The number of benzene rings is 2. The normalized spacial score (nSPS) is 10.9. The molecule has 0 fully saturated rings. The zero-order valence-electron chi connectivity index (χ0n) is 18.8. The molecule has 0 heterocycles. The number of rotatable bonds is 12. The lowest BCUT2D eigenvalue weighted by molar-refractivity contribution is 0.0453. The van der Waals surface area contributed by atoms with Crippen molar-refractivity contribution in [3.8, 4) is 11.5 Å². The standard InChI is InChI=1S/C23H33N3O4.HI/c1-5-28-12-13-29-17-19-9-7-8-18(14-19)16-25-23(24-3)26-20-10-11-21(27-4)22(15-20)30-6-2;/h7-11,14-15H,5-6,12-13,16-17H2,1-4H3,(H2,24,25,26);1H. The van der Waals surface area contributed by atoms with Crippen molar-refractivity contribution in [2.24, 2.45) is 4.99 Å². The van der Waals surface area contributed by atoms with E-state index < -0.39 is 0 Å². The van der Waals surface area contributed by atoms with Crippen LogP contribution in [0, 0.1) is 0 Å². The van der Waals surface area contributed by atoms with Crippen molar-refractivity contribution in [2.45, 2.75) is 27.0 Å². The number of ether oxygens (including phenoxy) is 4. The fourth-order valence-corrected chi connectivity index (χ4v) is 2.81. The molecule has 2 N–H and O–H groups in total. The third kappa shape index (κ3) is 9.75. The van der Waals surface area contributed by atoms with Gasteiger partial charge in [-0.05, 0) is 37.1 Å². The van der Waals surface area contributed by atoms with Crippen molar-refractivity contribution in [1.82, 2.24) is 5.32 Å². The minimum Gasteiger partial charge on any atom is -0.493 e. The largest absolute Gasteiger partial charge is 0.493 e. The summed E-state index contributed by atoms with van der Waals surface area (Å²) in [7, 11) is 3.37. The molecule has 0 saturated heterocycles. The van der Waals surface area contributed by atoms with E-state index in [1.54, 1.807) is 14.2 Å². The fraction of sp³-hybridized carbons (Fsp3) is 0.435. The lowest BCUT2D eigenvalue weighted by atomic mass is 10.1. The van der Waals surface area contributed by atoms with E-state index in [9.17, 15) is 0 Å². The van der Waals surface area contributed by atoms with E-state index in [-0.39, 0.29) is 24.0 Å². The molecule has 0 saturated carbocycles. The van der Waals surface area contributed by atoms with Gasteiger partial charge in [-0.15, -0.1) is 24.0 Å². The van der Waals surface area contributed by atoms with Crippen LogP contribution in [0.3, 0.4) is 0 Å². The van der Waals surface area contributed by atoms with Crippen LogP contribution in [-0.4, -0.2) is 46.5 Å². The molecule has 0 atom stereocenters. The lowest BCUT2D eigenvalue weighted by Crippen LogP contribution is -2.30. The highest BCUT2D eigenvalue weighted by Gasteiger charge is 2.07. The molecule has 0 aliphatic carbocycles. The summed E-state index contributed by atoms with van der Waals surface area (Å²) in [5, 5.41) is 6.61. The van der Waals surface area contributed by atoms with Crippen LogP contribution in [0.5, 0.6) is 11.5 Å². The number of halogens is 1. The molecule has 172 valence electrons. The van der Waals surface area contributed by atoms with Gasteiger partial charge in [0.1, 0.15) is 0 Å². The van der Waals surface area contributed by atoms with Crippen LogP contribution in [-0.2, 0) is 22.6 Å². The Morgan fingerprint density at radius 1 is 0.935 bits per heavy atom. The smallest absolute Gasteiger partial charge is 0.195 e. The number of hydrogen-bond acceptors (Lipinski definition) is 5. The molecular formula is C23H34IN3O4. The Bertz CT molecular complexity index is 802. The predicted octanol–water partition coefficient (Wildman–Crippen LogP) is 4.45. The fourth-order valence-electron chi connectivity index (χ4n) is 2.81. The molecule has 0 radical (unpaired) electrons. The van der Waals surface area contributed by atoms with Crippen LogP contribution >= 0.6 is 24.0 Å². The first kappa shape index (κ1) is 27.0. The van der Waals surface area contributed by atoms with Crippen molar-refractivity contribution >= 4 is 35.6 Å². The number of aliphatic imine (C=N–C) groups is 1. The Balaban J connectivity index is 0.00000480. The zero-order chi connectivity index (χ0) is 21.6. The van der Waals surface area contributed by atoms with Crippen LogP contribution < -0.4 is 20.1 Å². The molecule has 2 rings (SSSR count). The Kier molecular flexibility index (Phi) is 13.7. The van der Waals surface area contributed by atoms with Crippen molar-refractivity contribution < 1.29 is 18.9 Å². The second-order valence-electron chi connectivity index (χ2n) is 6.42. The summed E-state index contributed by atoms with van der Waals surface area (Å²) in [6.07, 6.45) is 0. The molecule has 0 unspecified atom stereocenters. The van der Waals surface area contributed by atoms with Crippen LogP contribution in [0.2, 0.25) is 0 Å². The second-order valence-corrected chi connectivity index (χ2v) is 6.42. The SMILES string of the molecule is CCOCCOCc1cccc(CNC(=NC)Nc2ccc(OC)c(OCC)c2)c1.I. The predicted molar refractivity (Wildman–Crippen MR) is 136 cm³/mol. The second kappa shape index (κ2) is 15.7. The molecule has 0 aliphatic heterocycles. The Morgan fingerprint density at radius 2 is 1.71 bits per heavy atom. The van der Waals surface area contributed by atoms with Crippen molar-refractivity contribution in [3.63, 3.8) is 0 Å². The van der Waals surface area contributed by atoms with E-state index in [1.807, 2.05) is 38.1 Å². The third-order valence-corrected chi connectivity index (χ3v) is 4.25. The maximum atomic E-state index is 5.65. The zero-order valence-corrected chi connectivity index (χ0v) is 21.1. The number of methoxy groups -OCH3 is 1. The van der Waals surface area contributed by atoms with Crippen LogP contribution in [0.25, 0.3) is 0 Å². The van der Waals surface area contributed by atoms with Crippen molar-refractivity contribution in [1.29, 1.82) is 0 Å². The maximum absolute atomic E-state index is 5.65. The average Bonchev–Trinajstić information content (AvgIpc) is 2.77. The van der Waals surface area contributed by atoms with E-state index in [2.05, 4.69) is 33.8 Å². The highest BCUT2D eigenvalue weighted by atomic mass is 127. The molecular weight excluding hydrogens is 509 g/mol. The van der Waals surface area contributed by atoms with Gasteiger partial charge in [-0.3, -0.25) is 4.99 Å². The van der Waals surface area contributed by atoms with E-state index >= 15 is 0 Å². The molecule has 0 aromatic heterocycles. The van der Waals surface area contributed by atoms with Crippen molar-refractivity contribution in [3.05, 3.63) is 53.6 Å². The lowest BCUT2D eigenvalue weighted by Gasteiger charge is -2.15. The van der Waals surface area contributed by atoms with Crippen molar-refractivity contribution in [2.75, 3.05) is 45.9 Å². The molecule has 0 bridgehead atoms. The van der Waals surface area contributed by atoms with Gasteiger partial charge in [0, 0.05) is 32.0 Å². The van der Waals surface area contributed by atoms with Gasteiger partial charge >= 0.3 is 0 Å². The summed E-state index contributed by atoms with van der Waals surface area (Å²) >= 11 is 0. The highest BCUT2D eigenvalue weighted by Crippen LogP contribution is 2.30.